The molecule has 0 rings (SSSR count). The Bertz CT molecular complexity index is 258. The SMILES string of the molecule is C=CC(=O)NC(C)(C(N)=O)C(=O)O. The third kappa shape index (κ3) is 2.29. The highest BCUT2D eigenvalue weighted by molar-refractivity contribution is 6.09. The lowest BCUT2D eigenvalue weighted by Gasteiger charge is -2.21. The summed E-state index contributed by atoms with van der Waals surface area (Å²) in [6.07, 6.45) is 0.851. The average molecular weight is 186 g/mol. The van der Waals surface area contributed by atoms with E-state index in [4.69, 9.17) is 10.8 Å². The summed E-state index contributed by atoms with van der Waals surface area (Å²) in [4.78, 5) is 32.0. The van der Waals surface area contributed by atoms with E-state index in [0.717, 1.165) is 13.0 Å². The van der Waals surface area contributed by atoms with Crippen molar-refractivity contribution in [3.8, 4) is 0 Å². The molecule has 0 aromatic heterocycles. The molecule has 0 heterocycles. The smallest absolute Gasteiger partial charge is 0.339 e. The van der Waals surface area contributed by atoms with Gasteiger partial charge in [0.15, 0.2) is 0 Å². The first-order chi connectivity index (χ1) is 5.84. The van der Waals surface area contributed by atoms with Crippen molar-refractivity contribution in [3.63, 3.8) is 0 Å². The standard InChI is InChI=1S/C7H10N2O4/c1-3-4(10)9-7(2,5(8)11)6(12)13/h3H,1H2,2H3,(H2,8,11)(H,9,10)(H,12,13). The topological polar surface area (TPSA) is 109 Å². The largest absolute Gasteiger partial charge is 0.479 e. The number of carbonyl (C=O) groups is 3. The number of aliphatic carboxylic acids is 1. The molecule has 0 aliphatic heterocycles. The minimum absolute atomic E-state index is 0.774. The van der Waals surface area contributed by atoms with Crippen molar-refractivity contribution in [2.24, 2.45) is 5.73 Å². The number of primary amides is 1. The van der Waals surface area contributed by atoms with Gasteiger partial charge >= 0.3 is 5.97 Å². The molecule has 0 aliphatic carbocycles. The predicted molar refractivity (Wildman–Crippen MR) is 43.6 cm³/mol. The fourth-order valence-electron chi connectivity index (χ4n) is 0.518. The van der Waals surface area contributed by atoms with Crippen LogP contribution in [0.3, 0.4) is 0 Å². The Labute approximate surface area is 74.4 Å². The average Bonchev–Trinajstić information content (AvgIpc) is 2.03. The van der Waals surface area contributed by atoms with E-state index in [0.29, 0.717) is 0 Å². The highest BCUT2D eigenvalue weighted by atomic mass is 16.4. The van der Waals surface area contributed by atoms with Crippen LogP contribution in [-0.2, 0) is 14.4 Å². The van der Waals surface area contributed by atoms with Crippen molar-refractivity contribution in [2.45, 2.75) is 12.5 Å². The number of amides is 2. The van der Waals surface area contributed by atoms with Crippen molar-refractivity contribution in [3.05, 3.63) is 12.7 Å². The molecule has 0 bridgehead atoms. The molecular formula is C7H10N2O4. The van der Waals surface area contributed by atoms with Gasteiger partial charge in [-0.2, -0.15) is 0 Å². The zero-order chi connectivity index (χ0) is 10.6. The van der Waals surface area contributed by atoms with Crippen LogP contribution in [0.4, 0.5) is 0 Å². The zero-order valence-electron chi connectivity index (χ0n) is 7.03. The van der Waals surface area contributed by atoms with E-state index in [9.17, 15) is 14.4 Å². The number of hydrogen-bond donors (Lipinski definition) is 3. The summed E-state index contributed by atoms with van der Waals surface area (Å²) in [6, 6.07) is 0. The van der Waals surface area contributed by atoms with Gasteiger partial charge in [0, 0.05) is 0 Å². The molecule has 2 amide bonds. The van der Waals surface area contributed by atoms with Crippen LogP contribution in [0.5, 0.6) is 0 Å². The first-order valence-electron chi connectivity index (χ1n) is 3.32. The third-order valence-electron chi connectivity index (χ3n) is 1.48. The maximum absolute atomic E-state index is 10.7. The van der Waals surface area contributed by atoms with E-state index in [1.807, 2.05) is 5.32 Å². The molecule has 0 saturated heterocycles. The summed E-state index contributed by atoms with van der Waals surface area (Å²) in [7, 11) is 0. The molecule has 13 heavy (non-hydrogen) atoms. The van der Waals surface area contributed by atoms with Crippen molar-refractivity contribution in [1.29, 1.82) is 0 Å². The van der Waals surface area contributed by atoms with Crippen LogP contribution >= 0.6 is 0 Å². The van der Waals surface area contributed by atoms with E-state index in [1.54, 1.807) is 0 Å². The lowest BCUT2D eigenvalue weighted by Crippen LogP contribution is -2.60. The molecule has 1 atom stereocenters. The predicted octanol–water partition coefficient (Wildman–Crippen LogP) is -1.38. The number of carboxylic acids is 1. The zero-order valence-corrected chi connectivity index (χ0v) is 7.03. The van der Waals surface area contributed by atoms with Crippen LogP contribution in [0.2, 0.25) is 0 Å². The lowest BCUT2D eigenvalue weighted by atomic mass is 10.0. The number of hydrogen-bond acceptors (Lipinski definition) is 3. The normalized spacial score (nSPS) is 13.9. The molecule has 6 heteroatoms. The number of carbonyl (C=O) groups excluding carboxylic acids is 2. The summed E-state index contributed by atoms with van der Waals surface area (Å²) in [5.41, 5.74) is 2.71. The number of nitrogens with one attached hydrogen (secondary N) is 1. The van der Waals surface area contributed by atoms with Crippen LogP contribution in [0.15, 0.2) is 12.7 Å². The maximum atomic E-state index is 10.7. The number of carboxylic acid groups (broad SMARTS) is 1. The van der Waals surface area contributed by atoms with Crippen molar-refractivity contribution in [2.75, 3.05) is 0 Å². The number of rotatable bonds is 4. The van der Waals surface area contributed by atoms with Gasteiger partial charge in [-0.25, -0.2) is 4.79 Å². The summed E-state index contributed by atoms with van der Waals surface area (Å²) >= 11 is 0. The molecule has 1 unspecified atom stereocenters. The second kappa shape index (κ2) is 3.70. The highest BCUT2D eigenvalue weighted by Gasteiger charge is 2.40. The molecule has 0 aliphatic rings. The van der Waals surface area contributed by atoms with Gasteiger partial charge in [0.2, 0.25) is 11.4 Å². The van der Waals surface area contributed by atoms with E-state index in [-0.39, 0.29) is 0 Å². The van der Waals surface area contributed by atoms with Crippen LogP contribution in [-0.4, -0.2) is 28.4 Å². The van der Waals surface area contributed by atoms with Gasteiger partial charge in [-0.05, 0) is 13.0 Å². The molecule has 72 valence electrons. The maximum Gasteiger partial charge on any atom is 0.339 e. The van der Waals surface area contributed by atoms with E-state index >= 15 is 0 Å². The van der Waals surface area contributed by atoms with Crippen LogP contribution in [0.1, 0.15) is 6.92 Å². The van der Waals surface area contributed by atoms with Gasteiger partial charge < -0.3 is 16.2 Å². The van der Waals surface area contributed by atoms with Gasteiger partial charge in [-0.3, -0.25) is 9.59 Å². The Kier molecular flexibility index (Phi) is 3.18. The molecule has 0 radical (unpaired) electrons. The molecule has 0 saturated carbocycles. The Balaban J connectivity index is 4.82. The molecule has 0 spiro atoms. The fraction of sp³-hybridized carbons (Fsp3) is 0.286. The Hall–Kier alpha value is -1.85. The monoisotopic (exact) mass is 186 g/mol. The Morgan fingerprint density at radius 2 is 2.00 bits per heavy atom. The third-order valence-corrected chi connectivity index (χ3v) is 1.48. The second-order valence-electron chi connectivity index (χ2n) is 2.49. The van der Waals surface area contributed by atoms with Gasteiger partial charge in [0.1, 0.15) is 0 Å². The second-order valence-corrected chi connectivity index (χ2v) is 2.49. The van der Waals surface area contributed by atoms with E-state index in [2.05, 4.69) is 6.58 Å². The van der Waals surface area contributed by atoms with E-state index < -0.39 is 23.3 Å². The number of nitrogens with two attached hydrogens (primary N) is 1. The lowest BCUT2D eigenvalue weighted by molar-refractivity contribution is -0.151. The first kappa shape index (κ1) is 11.2. The molecular weight excluding hydrogens is 176 g/mol. The first-order valence-corrected chi connectivity index (χ1v) is 3.32. The summed E-state index contributed by atoms with van der Waals surface area (Å²) in [6.45, 7) is 4.11. The van der Waals surface area contributed by atoms with Gasteiger partial charge in [-0.15, -0.1) is 0 Å². The quantitative estimate of drug-likeness (QED) is 0.371. The van der Waals surface area contributed by atoms with Crippen molar-refractivity contribution >= 4 is 17.8 Å². The molecule has 0 fully saturated rings. The summed E-state index contributed by atoms with van der Waals surface area (Å²) in [5.74, 6) is -3.44. The molecule has 4 N–H and O–H groups in total. The van der Waals surface area contributed by atoms with Crippen LogP contribution in [0.25, 0.3) is 0 Å². The van der Waals surface area contributed by atoms with Gasteiger partial charge in [0.25, 0.3) is 5.91 Å². The minimum Gasteiger partial charge on any atom is -0.479 e. The minimum atomic E-state index is -2.09. The van der Waals surface area contributed by atoms with Gasteiger partial charge in [-0.1, -0.05) is 6.58 Å². The Morgan fingerprint density at radius 1 is 1.54 bits per heavy atom. The van der Waals surface area contributed by atoms with Crippen molar-refractivity contribution < 1.29 is 19.5 Å². The fourth-order valence-corrected chi connectivity index (χ4v) is 0.518. The molecule has 0 aromatic rings. The highest BCUT2D eigenvalue weighted by Crippen LogP contribution is 2.02. The molecule has 0 aromatic carbocycles. The Morgan fingerprint density at radius 3 is 2.23 bits per heavy atom. The summed E-state index contributed by atoms with van der Waals surface area (Å²) < 4.78 is 0. The van der Waals surface area contributed by atoms with Crippen molar-refractivity contribution in [1.82, 2.24) is 5.32 Å². The molecule has 6 nitrogen and oxygen atoms in total. The van der Waals surface area contributed by atoms with E-state index in [1.165, 1.54) is 0 Å². The van der Waals surface area contributed by atoms with Gasteiger partial charge in [0.05, 0.1) is 0 Å². The summed E-state index contributed by atoms with van der Waals surface area (Å²) in [5, 5.41) is 10.5. The van der Waals surface area contributed by atoms with Crippen LogP contribution in [0, 0.1) is 0 Å². The van der Waals surface area contributed by atoms with Crippen LogP contribution < -0.4 is 11.1 Å².